The van der Waals surface area contributed by atoms with Crippen molar-refractivity contribution in [3.8, 4) is 11.1 Å². The van der Waals surface area contributed by atoms with Crippen molar-refractivity contribution < 1.29 is 19.1 Å². The summed E-state index contributed by atoms with van der Waals surface area (Å²) in [7, 11) is 1.33. The maximum Gasteiger partial charge on any atom is 0.328 e. The normalized spacial score (nSPS) is 17.5. The van der Waals surface area contributed by atoms with Crippen LogP contribution in [-0.4, -0.2) is 37.7 Å². The molecule has 0 saturated carbocycles. The van der Waals surface area contributed by atoms with E-state index in [-0.39, 0.29) is 5.91 Å². The second kappa shape index (κ2) is 8.63. The lowest BCUT2D eigenvalue weighted by Crippen LogP contribution is -2.47. The zero-order chi connectivity index (χ0) is 18.4. The first kappa shape index (κ1) is 18.1. The number of amides is 1. The Hall–Kier alpha value is -2.66. The lowest BCUT2D eigenvalue weighted by molar-refractivity contribution is -0.146. The van der Waals surface area contributed by atoms with Crippen LogP contribution in [0.5, 0.6) is 0 Å². The minimum absolute atomic E-state index is 0.251. The fourth-order valence-electron chi connectivity index (χ4n) is 3.08. The van der Waals surface area contributed by atoms with E-state index in [2.05, 4.69) is 5.32 Å². The van der Waals surface area contributed by atoms with Crippen molar-refractivity contribution in [2.24, 2.45) is 0 Å². The van der Waals surface area contributed by atoms with Gasteiger partial charge in [-0.15, -0.1) is 0 Å². The lowest BCUT2D eigenvalue weighted by Gasteiger charge is -2.19. The molecule has 0 unspecified atom stereocenters. The summed E-state index contributed by atoms with van der Waals surface area (Å²) < 4.78 is 10.2. The smallest absolute Gasteiger partial charge is 0.328 e. The highest BCUT2D eigenvalue weighted by atomic mass is 16.5. The fourth-order valence-corrected chi connectivity index (χ4v) is 3.08. The van der Waals surface area contributed by atoms with Crippen molar-refractivity contribution in [2.45, 2.75) is 31.4 Å². The minimum atomic E-state index is -0.723. The fraction of sp³-hybridized carbons (Fsp3) is 0.333. The third-order valence-corrected chi connectivity index (χ3v) is 4.53. The molecule has 1 fully saturated rings. The van der Waals surface area contributed by atoms with E-state index in [9.17, 15) is 9.59 Å². The molecular formula is C21H23NO4. The molecule has 0 radical (unpaired) electrons. The van der Waals surface area contributed by atoms with Crippen molar-refractivity contribution >= 4 is 11.9 Å². The van der Waals surface area contributed by atoms with Crippen LogP contribution in [0.25, 0.3) is 11.1 Å². The van der Waals surface area contributed by atoms with Crippen molar-refractivity contribution in [1.82, 2.24) is 5.32 Å². The molecule has 2 atom stereocenters. The molecule has 26 heavy (non-hydrogen) atoms. The first-order chi connectivity index (χ1) is 12.7. The average Bonchev–Trinajstić information content (AvgIpc) is 3.23. The number of rotatable bonds is 6. The summed E-state index contributed by atoms with van der Waals surface area (Å²) in [6.45, 7) is 0.585. The van der Waals surface area contributed by atoms with Gasteiger partial charge in [-0.25, -0.2) is 4.79 Å². The zero-order valence-electron chi connectivity index (χ0n) is 14.8. The maximum atomic E-state index is 12.3. The molecule has 2 aromatic rings. The van der Waals surface area contributed by atoms with E-state index in [0.29, 0.717) is 19.4 Å². The summed E-state index contributed by atoms with van der Waals surface area (Å²) in [5.41, 5.74) is 3.19. The Labute approximate surface area is 153 Å². The Kier molecular flexibility index (Phi) is 6.02. The molecule has 1 saturated heterocycles. The number of nitrogens with one attached hydrogen (secondary N) is 1. The summed E-state index contributed by atoms with van der Waals surface area (Å²) in [6.07, 6.45) is 1.45. The van der Waals surface area contributed by atoms with E-state index >= 15 is 0 Å². The summed E-state index contributed by atoms with van der Waals surface area (Å²) >= 11 is 0. The van der Waals surface area contributed by atoms with Gasteiger partial charge in [0.15, 0.2) is 0 Å². The van der Waals surface area contributed by atoms with E-state index < -0.39 is 18.1 Å². The van der Waals surface area contributed by atoms with Crippen LogP contribution in [0, 0.1) is 0 Å². The van der Waals surface area contributed by atoms with Gasteiger partial charge in [-0.3, -0.25) is 4.79 Å². The predicted octanol–water partition coefficient (Wildman–Crippen LogP) is 2.73. The van der Waals surface area contributed by atoms with Gasteiger partial charge in [0, 0.05) is 13.0 Å². The Morgan fingerprint density at radius 1 is 1.12 bits per heavy atom. The van der Waals surface area contributed by atoms with Crippen LogP contribution < -0.4 is 5.32 Å². The Morgan fingerprint density at radius 3 is 2.42 bits per heavy atom. The monoisotopic (exact) mass is 353 g/mol. The van der Waals surface area contributed by atoms with Crippen LogP contribution in [0.3, 0.4) is 0 Å². The van der Waals surface area contributed by atoms with Gasteiger partial charge in [0.05, 0.1) is 7.11 Å². The molecule has 0 spiro atoms. The second-order valence-electron chi connectivity index (χ2n) is 6.35. The Morgan fingerprint density at radius 2 is 1.81 bits per heavy atom. The van der Waals surface area contributed by atoms with Crippen LogP contribution in [0.2, 0.25) is 0 Å². The topological polar surface area (TPSA) is 64.6 Å². The summed E-state index contributed by atoms with van der Waals surface area (Å²) in [5.74, 6) is -0.706. The number of benzene rings is 2. The average molecular weight is 353 g/mol. The molecule has 2 aromatic carbocycles. The van der Waals surface area contributed by atoms with E-state index in [1.807, 2.05) is 54.6 Å². The van der Waals surface area contributed by atoms with Crippen LogP contribution >= 0.6 is 0 Å². The first-order valence-electron chi connectivity index (χ1n) is 8.81. The number of esters is 1. The molecule has 1 amide bonds. The molecule has 5 heteroatoms. The molecule has 0 aliphatic carbocycles. The predicted molar refractivity (Wildman–Crippen MR) is 98.5 cm³/mol. The molecule has 136 valence electrons. The van der Waals surface area contributed by atoms with Gasteiger partial charge in [-0.05, 0) is 29.5 Å². The highest BCUT2D eigenvalue weighted by Gasteiger charge is 2.28. The van der Waals surface area contributed by atoms with E-state index in [0.717, 1.165) is 23.1 Å². The molecule has 5 nitrogen and oxygen atoms in total. The third-order valence-electron chi connectivity index (χ3n) is 4.53. The molecular weight excluding hydrogens is 330 g/mol. The van der Waals surface area contributed by atoms with Crippen LogP contribution in [0.15, 0.2) is 54.6 Å². The molecule has 0 aromatic heterocycles. The van der Waals surface area contributed by atoms with E-state index in [4.69, 9.17) is 9.47 Å². The molecule has 1 N–H and O–H groups in total. The number of carbonyl (C=O) groups excluding carboxylic acids is 2. The van der Waals surface area contributed by atoms with Gasteiger partial charge in [0.25, 0.3) is 0 Å². The van der Waals surface area contributed by atoms with Gasteiger partial charge in [0.1, 0.15) is 12.1 Å². The summed E-state index contributed by atoms with van der Waals surface area (Å²) in [5, 5.41) is 2.77. The van der Waals surface area contributed by atoms with Gasteiger partial charge in [-0.2, -0.15) is 0 Å². The third kappa shape index (κ3) is 4.49. The number of carbonyl (C=O) groups is 2. The molecule has 1 heterocycles. The number of ether oxygens (including phenoxy) is 2. The largest absolute Gasteiger partial charge is 0.467 e. The van der Waals surface area contributed by atoms with Gasteiger partial charge in [0.2, 0.25) is 5.91 Å². The van der Waals surface area contributed by atoms with E-state index in [1.165, 1.54) is 7.11 Å². The Balaban J connectivity index is 1.68. The molecule has 1 aliphatic rings. The zero-order valence-corrected chi connectivity index (χ0v) is 14.8. The van der Waals surface area contributed by atoms with Gasteiger partial charge in [-0.1, -0.05) is 54.6 Å². The van der Waals surface area contributed by atoms with Crippen LogP contribution in [0.1, 0.15) is 18.4 Å². The van der Waals surface area contributed by atoms with Crippen molar-refractivity contribution in [2.75, 3.05) is 13.7 Å². The second-order valence-corrected chi connectivity index (χ2v) is 6.35. The summed E-state index contributed by atoms with van der Waals surface area (Å²) in [4.78, 5) is 24.3. The Bertz CT molecular complexity index is 736. The minimum Gasteiger partial charge on any atom is -0.467 e. The number of hydrogen-bond donors (Lipinski definition) is 1. The van der Waals surface area contributed by atoms with Crippen LogP contribution in [0.4, 0.5) is 0 Å². The van der Waals surface area contributed by atoms with E-state index in [1.54, 1.807) is 0 Å². The quantitative estimate of drug-likeness (QED) is 0.811. The summed E-state index contributed by atoms with van der Waals surface area (Å²) in [6, 6.07) is 17.3. The number of hydrogen-bond acceptors (Lipinski definition) is 4. The van der Waals surface area contributed by atoms with Crippen LogP contribution in [-0.2, 0) is 25.5 Å². The van der Waals surface area contributed by atoms with Gasteiger partial charge >= 0.3 is 5.97 Å². The highest BCUT2D eigenvalue weighted by Crippen LogP contribution is 2.20. The van der Waals surface area contributed by atoms with Crippen molar-refractivity contribution in [3.63, 3.8) is 0 Å². The highest BCUT2D eigenvalue weighted by molar-refractivity contribution is 5.87. The van der Waals surface area contributed by atoms with Crippen molar-refractivity contribution in [1.29, 1.82) is 0 Å². The standard InChI is InChI=1S/C21H23NO4/c1-25-21(24)18(22-20(23)19-8-5-13-26-19)14-15-9-11-17(12-10-15)16-6-3-2-4-7-16/h2-4,6-7,9-12,18-19H,5,8,13-14H2,1H3,(H,22,23)/t18-,19+/m0/s1. The lowest BCUT2D eigenvalue weighted by atomic mass is 10.0. The SMILES string of the molecule is COC(=O)[C@H](Cc1ccc(-c2ccccc2)cc1)NC(=O)[C@H]1CCCO1. The molecule has 1 aliphatic heterocycles. The molecule has 3 rings (SSSR count). The van der Waals surface area contributed by atoms with Crippen molar-refractivity contribution in [3.05, 3.63) is 60.2 Å². The van der Waals surface area contributed by atoms with Gasteiger partial charge < -0.3 is 14.8 Å². The number of methoxy groups -OCH3 is 1. The first-order valence-corrected chi connectivity index (χ1v) is 8.81. The maximum absolute atomic E-state index is 12.3. The molecule has 0 bridgehead atoms.